The number of amides is 1. The van der Waals surface area contributed by atoms with E-state index in [4.69, 9.17) is 0 Å². The first-order valence-electron chi connectivity index (χ1n) is 6.52. The number of hydrogen-bond acceptors (Lipinski definition) is 2. The van der Waals surface area contributed by atoms with Crippen molar-refractivity contribution in [3.63, 3.8) is 0 Å². The van der Waals surface area contributed by atoms with Gasteiger partial charge in [-0.1, -0.05) is 23.8 Å². The highest BCUT2D eigenvalue weighted by Gasteiger charge is 2.05. The zero-order valence-corrected chi connectivity index (χ0v) is 13.2. The third-order valence-corrected chi connectivity index (χ3v) is 3.58. The number of nitrogens with zero attached hydrogens (tertiary/aromatic N) is 1. The van der Waals surface area contributed by atoms with E-state index in [-0.39, 0.29) is 5.91 Å². The molecular weight excluding hydrogens is 316 g/mol. The molecule has 1 aromatic carbocycles. The second-order valence-electron chi connectivity index (χ2n) is 4.84. The van der Waals surface area contributed by atoms with Crippen LogP contribution < -0.4 is 5.32 Å². The molecule has 1 aromatic heterocycles. The lowest BCUT2D eigenvalue weighted by molar-refractivity contribution is -0.116. The Morgan fingerprint density at radius 1 is 1.25 bits per heavy atom. The Morgan fingerprint density at radius 3 is 2.70 bits per heavy atom. The summed E-state index contributed by atoms with van der Waals surface area (Å²) in [5.41, 5.74) is 3.70. The van der Waals surface area contributed by atoms with Crippen molar-refractivity contribution in [2.45, 2.75) is 26.7 Å². The average Bonchev–Trinajstić information content (AvgIpc) is 2.40. The Morgan fingerprint density at radius 2 is 2.05 bits per heavy atom. The fraction of sp³-hybridized carbons (Fsp3) is 0.250. The molecule has 2 aromatic rings. The molecule has 0 aliphatic heterocycles. The van der Waals surface area contributed by atoms with Gasteiger partial charge in [-0.05, 0) is 59.5 Å². The first-order valence-corrected chi connectivity index (χ1v) is 7.31. The van der Waals surface area contributed by atoms with Gasteiger partial charge in [0.2, 0.25) is 5.91 Å². The van der Waals surface area contributed by atoms with Crippen LogP contribution in [0.4, 0.5) is 5.82 Å². The van der Waals surface area contributed by atoms with E-state index in [2.05, 4.69) is 58.3 Å². The number of pyridine rings is 1. The summed E-state index contributed by atoms with van der Waals surface area (Å²) >= 11 is 3.31. The lowest BCUT2D eigenvalue weighted by atomic mass is 10.0. The van der Waals surface area contributed by atoms with Gasteiger partial charge in [0, 0.05) is 17.1 Å². The van der Waals surface area contributed by atoms with Crippen molar-refractivity contribution >= 4 is 27.7 Å². The van der Waals surface area contributed by atoms with Gasteiger partial charge in [0.25, 0.3) is 0 Å². The van der Waals surface area contributed by atoms with Crippen molar-refractivity contribution < 1.29 is 4.79 Å². The third kappa shape index (κ3) is 4.17. The molecule has 0 aliphatic rings. The molecular formula is C16H17BrN2O. The van der Waals surface area contributed by atoms with E-state index in [1.54, 1.807) is 12.3 Å². The second-order valence-corrected chi connectivity index (χ2v) is 5.76. The maximum Gasteiger partial charge on any atom is 0.225 e. The lowest BCUT2D eigenvalue weighted by Crippen LogP contribution is -2.13. The molecule has 0 spiro atoms. The monoisotopic (exact) mass is 332 g/mol. The van der Waals surface area contributed by atoms with Crippen LogP contribution in [-0.2, 0) is 11.2 Å². The van der Waals surface area contributed by atoms with Gasteiger partial charge in [-0.15, -0.1) is 0 Å². The molecule has 20 heavy (non-hydrogen) atoms. The molecule has 3 nitrogen and oxygen atoms in total. The van der Waals surface area contributed by atoms with Crippen LogP contribution in [-0.4, -0.2) is 10.9 Å². The molecule has 0 atom stereocenters. The quantitative estimate of drug-likeness (QED) is 0.918. The number of carbonyl (C=O) groups is 1. The van der Waals surface area contributed by atoms with Gasteiger partial charge in [0.05, 0.1) is 0 Å². The van der Waals surface area contributed by atoms with Crippen LogP contribution in [0, 0.1) is 13.8 Å². The molecule has 104 valence electrons. The van der Waals surface area contributed by atoms with Gasteiger partial charge in [-0.25, -0.2) is 4.98 Å². The number of nitrogens with one attached hydrogen (secondary N) is 1. The number of aromatic nitrogens is 1. The Kier molecular flexibility index (Phi) is 4.90. The van der Waals surface area contributed by atoms with Gasteiger partial charge >= 0.3 is 0 Å². The van der Waals surface area contributed by atoms with E-state index in [0.717, 1.165) is 10.9 Å². The number of hydrogen-bond donors (Lipinski definition) is 1. The Hall–Kier alpha value is -1.68. The molecule has 1 heterocycles. The highest BCUT2D eigenvalue weighted by atomic mass is 79.9. The highest BCUT2D eigenvalue weighted by Crippen LogP contribution is 2.14. The Labute approximate surface area is 127 Å². The smallest absolute Gasteiger partial charge is 0.225 e. The van der Waals surface area contributed by atoms with Crippen LogP contribution in [0.15, 0.2) is 41.0 Å². The predicted molar refractivity (Wildman–Crippen MR) is 84.8 cm³/mol. The summed E-state index contributed by atoms with van der Waals surface area (Å²) in [6.07, 6.45) is 2.87. The predicted octanol–water partition coefficient (Wildman–Crippen LogP) is 4.03. The van der Waals surface area contributed by atoms with E-state index < -0.39 is 0 Å². The molecule has 1 amide bonds. The summed E-state index contributed by atoms with van der Waals surface area (Å²) in [5.74, 6) is 0.568. The van der Waals surface area contributed by atoms with Crippen molar-refractivity contribution in [3.05, 3.63) is 57.7 Å². The normalized spacial score (nSPS) is 10.3. The average molecular weight is 333 g/mol. The van der Waals surface area contributed by atoms with Crippen LogP contribution in [0.1, 0.15) is 23.1 Å². The van der Waals surface area contributed by atoms with Crippen molar-refractivity contribution in [2.24, 2.45) is 0 Å². The largest absolute Gasteiger partial charge is 0.311 e. The molecule has 0 fully saturated rings. The first-order chi connectivity index (χ1) is 9.54. The number of halogens is 1. The van der Waals surface area contributed by atoms with Crippen molar-refractivity contribution in [2.75, 3.05) is 5.32 Å². The van der Waals surface area contributed by atoms with Crippen molar-refractivity contribution in [1.29, 1.82) is 0 Å². The molecule has 0 radical (unpaired) electrons. The topological polar surface area (TPSA) is 42.0 Å². The fourth-order valence-electron chi connectivity index (χ4n) is 2.03. The zero-order valence-electron chi connectivity index (χ0n) is 11.6. The first kappa shape index (κ1) is 14.7. The third-order valence-electron chi connectivity index (χ3n) is 3.11. The number of aryl methyl sites for hydroxylation is 3. The second kappa shape index (κ2) is 6.66. The van der Waals surface area contributed by atoms with Crippen LogP contribution in [0.5, 0.6) is 0 Å². The molecule has 0 aliphatic carbocycles. The van der Waals surface area contributed by atoms with E-state index in [1.807, 2.05) is 6.07 Å². The van der Waals surface area contributed by atoms with Crippen LogP contribution in [0.2, 0.25) is 0 Å². The zero-order chi connectivity index (χ0) is 14.5. The SMILES string of the molecule is Cc1ccc(CCC(=O)Nc2ccc(Br)cn2)c(C)c1. The number of rotatable bonds is 4. The minimum Gasteiger partial charge on any atom is -0.311 e. The molecule has 0 saturated carbocycles. The molecule has 0 saturated heterocycles. The van der Waals surface area contributed by atoms with Gasteiger partial charge in [-0.3, -0.25) is 4.79 Å². The maximum atomic E-state index is 11.9. The summed E-state index contributed by atoms with van der Waals surface area (Å²) in [6, 6.07) is 9.95. The lowest BCUT2D eigenvalue weighted by Gasteiger charge is -2.07. The van der Waals surface area contributed by atoms with Crippen molar-refractivity contribution in [1.82, 2.24) is 4.98 Å². The standard InChI is InChI=1S/C16H17BrN2O/c1-11-3-4-13(12(2)9-11)5-8-16(20)19-15-7-6-14(17)10-18-15/h3-4,6-7,9-10H,5,8H2,1-2H3,(H,18,19,20). The molecule has 4 heteroatoms. The molecule has 0 bridgehead atoms. The number of carbonyl (C=O) groups excluding carboxylic acids is 1. The van der Waals surface area contributed by atoms with Gasteiger partial charge in [0.1, 0.15) is 5.82 Å². The Balaban J connectivity index is 1.90. The molecule has 1 N–H and O–H groups in total. The summed E-state index contributed by atoms with van der Waals surface area (Å²) in [4.78, 5) is 16.0. The minimum atomic E-state index is -0.0141. The van der Waals surface area contributed by atoms with E-state index >= 15 is 0 Å². The van der Waals surface area contributed by atoms with E-state index in [1.165, 1.54) is 16.7 Å². The molecule has 2 rings (SSSR count). The summed E-state index contributed by atoms with van der Waals surface area (Å²) in [5, 5.41) is 2.80. The summed E-state index contributed by atoms with van der Waals surface area (Å²) in [6.45, 7) is 4.15. The highest BCUT2D eigenvalue weighted by molar-refractivity contribution is 9.10. The summed E-state index contributed by atoms with van der Waals surface area (Å²) < 4.78 is 0.894. The van der Waals surface area contributed by atoms with E-state index in [0.29, 0.717) is 12.2 Å². The van der Waals surface area contributed by atoms with E-state index in [9.17, 15) is 4.79 Å². The van der Waals surface area contributed by atoms with Crippen LogP contribution in [0.25, 0.3) is 0 Å². The minimum absolute atomic E-state index is 0.0141. The van der Waals surface area contributed by atoms with Crippen LogP contribution >= 0.6 is 15.9 Å². The molecule has 0 unspecified atom stereocenters. The number of anilines is 1. The Bertz CT molecular complexity index is 608. The van der Waals surface area contributed by atoms with Gasteiger partial charge in [-0.2, -0.15) is 0 Å². The maximum absolute atomic E-state index is 11.9. The van der Waals surface area contributed by atoms with Crippen LogP contribution in [0.3, 0.4) is 0 Å². The van der Waals surface area contributed by atoms with Gasteiger partial charge < -0.3 is 5.32 Å². The van der Waals surface area contributed by atoms with Crippen molar-refractivity contribution in [3.8, 4) is 0 Å². The fourth-order valence-corrected chi connectivity index (χ4v) is 2.26. The van der Waals surface area contributed by atoms with Gasteiger partial charge in [0.15, 0.2) is 0 Å². The number of benzene rings is 1. The summed E-state index contributed by atoms with van der Waals surface area (Å²) in [7, 11) is 0.